The minimum absolute atomic E-state index is 0.0598. The van der Waals surface area contributed by atoms with E-state index in [4.69, 9.17) is 10.8 Å². The van der Waals surface area contributed by atoms with Crippen molar-refractivity contribution in [3.05, 3.63) is 59.6 Å². The summed E-state index contributed by atoms with van der Waals surface area (Å²) >= 11 is 0. The maximum atomic E-state index is 14.8. The Balaban J connectivity index is 1.86. The van der Waals surface area contributed by atoms with Crippen molar-refractivity contribution < 1.29 is 14.6 Å². The fourth-order valence-electron chi connectivity index (χ4n) is 3.23. The van der Waals surface area contributed by atoms with E-state index in [1.807, 2.05) is 31.3 Å². The molecule has 1 heterocycles. The molecular weight excluding hydrogens is 347 g/mol. The molecule has 0 radical (unpaired) electrons. The molecule has 0 spiro atoms. The topological polar surface area (TPSA) is 94.1 Å². The van der Waals surface area contributed by atoms with Crippen LogP contribution in [-0.2, 0) is 0 Å². The van der Waals surface area contributed by atoms with Gasteiger partial charge in [-0.3, -0.25) is 10.3 Å². The highest BCUT2D eigenvalue weighted by Crippen LogP contribution is 2.33. The first-order valence-corrected chi connectivity index (χ1v) is 8.94. The van der Waals surface area contributed by atoms with Crippen LogP contribution in [0.5, 0.6) is 0 Å². The minimum Gasteiger partial charge on any atom is -0.395 e. The first kappa shape index (κ1) is 19.4. The van der Waals surface area contributed by atoms with E-state index in [0.29, 0.717) is 29.8 Å². The van der Waals surface area contributed by atoms with E-state index in [9.17, 15) is 9.50 Å². The maximum Gasteiger partial charge on any atom is 0.133 e. The second-order valence-corrected chi connectivity index (χ2v) is 6.66. The molecule has 0 saturated heterocycles. The fourth-order valence-corrected chi connectivity index (χ4v) is 3.23. The van der Waals surface area contributed by atoms with Crippen LogP contribution in [-0.4, -0.2) is 53.9 Å². The molecule has 3 rings (SSSR count). The van der Waals surface area contributed by atoms with E-state index in [2.05, 4.69) is 10.3 Å². The highest BCUT2D eigenvalue weighted by atomic mass is 19.1. The maximum absolute atomic E-state index is 14.8. The summed E-state index contributed by atoms with van der Waals surface area (Å²) in [5, 5.41) is 22.2. The molecule has 1 aliphatic carbocycles. The lowest BCUT2D eigenvalue weighted by Gasteiger charge is -2.28. The lowest BCUT2D eigenvalue weighted by atomic mass is 9.85. The predicted molar refractivity (Wildman–Crippen MR) is 105 cm³/mol. The number of hydrogen-bond donors (Lipinski definition) is 4. The van der Waals surface area contributed by atoms with Gasteiger partial charge in [0.1, 0.15) is 18.2 Å². The van der Waals surface area contributed by atoms with E-state index in [0.717, 1.165) is 5.57 Å². The Morgan fingerprint density at radius 1 is 1.44 bits per heavy atom. The van der Waals surface area contributed by atoms with Crippen LogP contribution in [0.2, 0.25) is 0 Å². The van der Waals surface area contributed by atoms with Crippen molar-refractivity contribution in [2.24, 2.45) is 16.6 Å². The van der Waals surface area contributed by atoms with Crippen LogP contribution in [0.4, 0.5) is 4.39 Å². The summed E-state index contributed by atoms with van der Waals surface area (Å²) in [6, 6.07) is 5.00. The molecule has 1 aromatic carbocycles. The van der Waals surface area contributed by atoms with Gasteiger partial charge in [0.2, 0.25) is 0 Å². The van der Waals surface area contributed by atoms with Gasteiger partial charge >= 0.3 is 0 Å². The summed E-state index contributed by atoms with van der Waals surface area (Å²) in [5.74, 6) is -0.602. The van der Waals surface area contributed by atoms with Gasteiger partial charge in [0.05, 0.1) is 12.3 Å². The van der Waals surface area contributed by atoms with Crippen LogP contribution in [0.15, 0.2) is 47.6 Å². The van der Waals surface area contributed by atoms with Crippen molar-refractivity contribution in [1.29, 1.82) is 0 Å². The number of hydrogen-bond acceptors (Lipinski definition) is 6. The predicted octanol–water partition coefficient (Wildman–Crippen LogP) is 1.28. The van der Waals surface area contributed by atoms with E-state index >= 15 is 0 Å². The van der Waals surface area contributed by atoms with Gasteiger partial charge in [-0.25, -0.2) is 4.39 Å². The molecule has 0 fully saturated rings. The van der Waals surface area contributed by atoms with Crippen LogP contribution in [0.1, 0.15) is 17.5 Å². The van der Waals surface area contributed by atoms with E-state index < -0.39 is 6.23 Å². The van der Waals surface area contributed by atoms with Crippen molar-refractivity contribution in [3.8, 4) is 0 Å². The van der Waals surface area contributed by atoms with Gasteiger partial charge in [-0.1, -0.05) is 24.3 Å². The molecule has 0 bridgehead atoms. The van der Waals surface area contributed by atoms with Gasteiger partial charge in [-0.05, 0) is 29.7 Å². The quantitative estimate of drug-likeness (QED) is 0.565. The molecule has 0 amide bonds. The normalized spacial score (nSPS) is 23.2. The van der Waals surface area contributed by atoms with Gasteiger partial charge in [0, 0.05) is 37.5 Å². The van der Waals surface area contributed by atoms with Gasteiger partial charge in [0.25, 0.3) is 0 Å². The molecule has 0 aromatic heterocycles. The minimum atomic E-state index is -0.822. The van der Waals surface area contributed by atoms with Crippen molar-refractivity contribution >= 4 is 17.5 Å². The van der Waals surface area contributed by atoms with Gasteiger partial charge in [0.15, 0.2) is 0 Å². The summed E-state index contributed by atoms with van der Waals surface area (Å²) in [5.41, 5.74) is 8.31. The van der Waals surface area contributed by atoms with Gasteiger partial charge in [-0.2, -0.15) is 0 Å². The molecule has 3 unspecified atom stereocenters. The Kier molecular flexibility index (Phi) is 6.18. The molecule has 1 aromatic rings. The average molecular weight is 372 g/mol. The van der Waals surface area contributed by atoms with Crippen LogP contribution in [0.3, 0.4) is 0 Å². The van der Waals surface area contributed by atoms with Crippen LogP contribution in [0.25, 0.3) is 11.3 Å². The zero-order chi connectivity index (χ0) is 19.4. The molecule has 144 valence electrons. The zero-order valence-corrected chi connectivity index (χ0v) is 15.2. The number of allylic oxidation sites excluding steroid dienone is 3. The molecule has 7 heteroatoms. The Morgan fingerprint density at radius 2 is 2.26 bits per heavy atom. The number of rotatable bonds is 6. The monoisotopic (exact) mass is 372 g/mol. The molecule has 2 aliphatic rings. The molecule has 5 N–H and O–H groups in total. The molecule has 1 aliphatic heterocycles. The largest absolute Gasteiger partial charge is 0.395 e. The summed E-state index contributed by atoms with van der Waals surface area (Å²) in [7, 11) is 1.81. The SMILES string of the molecule is CN1C=C(c2ccc(C3=CC=CCC3C(O)NCCO)cc2F)N=CC1N. The number of nitrogens with one attached hydrogen (secondary N) is 1. The first-order valence-electron chi connectivity index (χ1n) is 8.94. The highest BCUT2D eigenvalue weighted by molar-refractivity contribution is 5.80. The van der Waals surface area contributed by atoms with Crippen molar-refractivity contribution in [2.45, 2.75) is 18.8 Å². The zero-order valence-electron chi connectivity index (χ0n) is 15.2. The number of aliphatic hydroxyl groups excluding tert-OH is 2. The Morgan fingerprint density at radius 3 is 2.96 bits per heavy atom. The first-order chi connectivity index (χ1) is 13.0. The van der Waals surface area contributed by atoms with Crippen molar-refractivity contribution in [2.75, 3.05) is 20.2 Å². The van der Waals surface area contributed by atoms with E-state index in [1.54, 1.807) is 23.4 Å². The molecule has 27 heavy (non-hydrogen) atoms. The lowest BCUT2D eigenvalue weighted by Crippen LogP contribution is -2.38. The molecular formula is C20H25FN4O2. The van der Waals surface area contributed by atoms with Crippen LogP contribution < -0.4 is 11.1 Å². The number of halogens is 1. The molecule has 3 atom stereocenters. The summed E-state index contributed by atoms with van der Waals surface area (Å²) in [4.78, 5) is 6.01. The second kappa shape index (κ2) is 8.58. The number of nitrogens with zero attached hydrogens (tertiary/aromatic N) is 2. The summed E-state index contributed by atoms with van der Waals surface area (Å²) in [6.45, 7) is 0.236. The lowest BCUT2D eigenvalue weighted by molar-refractivity contribution is 0.0929. The number of nitrogens with two attached hydrogens (primary N) is 1. The summed E-state index contributed by atoms with van der Waals surface area (Å²) < 4.78 is 14.8. The number of benzene rings is 1. The molecule has 0 saturated carbocycles. The average Bonchev–Trinajstić information content (AvgIpc) is 2.68. The fraction of sp³-hybridized carbons (Fsp3) is 0.350. The number of aliphatic imine (C=N–C) groups is 1. The third kappa shape index (κ3) is 4.33. The van der Waals surface area contributed by atoms with Crippen LogP contribution in [0, 0.1) is 11.7 Å². The van der Waals surface area contributed by atoms with Crippen molar-refractivity contribution in [1.82, 2.24) is 10.2 Å². The standard InChI is InChI=1S/C20H25FN4O2/c1-25-12-18(24-11-19(25)22)16-7-6-13(10-17(16)21)14-4-2-3-5-15(14)20(27)23-8-9-26/h2-4,6-7,10-12,15,19-20,23,26-27H,5,8-9,22H2,1H3. The van der Waals surface area contributed by atoms with E-state index in [-0.39, 0.29) is 24.5 Å². The Bertz CT molecular complexity index is 803. The van der Waals surface area contributed by atoms with E-state index in [1.165, 1.54) is 6.07 Å². The second-order valence-electron chi connectivity index (χ2n) is 6.66. The highest BCUT2D eigenvalue weighted by Gasteiger charge is 2.25. The van der Waals surface area contributed by atoms with Gasteiger partial charge < -0.3 is 20.8 Å². The Labute approximate surface area is 158 Å². The number of aliphatic hydroxyl groups is 2. The Hall–Kier alpha value is -2.32. The summed E-state index contributed by atoms with van der Waals surface area (Å²) in [6.07, 6.45) is 8.54. The van der Waals surface area contributed by atoms with Crippen molar-refractivity contribution in [3.63, 3.8) is 0 Å². The third-order valence-corrected chi connectivity index (χ3v) is 4.79. The van der Waals surface area contributed by atoms with Crippen LogP contribution >= 0.6 is 0 Å². The van der Waals surface area contributed by atoms with Gasteiger partial charge in [-0.15, -0.1) is 0 Å². The third-order valence-electron chi connectivity index (χ3n) is 4.79. The smallest absolute Gasteiger partial charge is 0.133 e. The molecule has 6 nitrogen and oxygen atoms in total.